The summed E-state index contributed by atoms with van der Waals surface area (Å²) in [6.45, 7) is 1.88. The Morgan fingerprint density at radius 3 is 2.60 bits per heavy atom. The van der Waals surface area contributed by atoms with Crippen LogP contribution in [-0.4, -0.2) is 4.98 Å². The molecule has 2 rings (SSSR count). The van der Waals surface area contributed by atoms with Gasteiger partial charge in [0.05, 0.1) is 17.7 Å². The first-order valence-corrected chi connectivity index (χ1v) is 6.60. The highest BCUT2D eigenvalue weighted by molar-refractivity contribution is 6.32. The number of nitrogens with two attached hydrogens (primary N) is 1. The Balaban J connectivity index is 2.53. The number of halogens is 2. The zero-order chi connectivity index (χ0) is 14.7. The first-order chi connectivity index (χ1) is 9.56. The van der Waals surface area contributed by atoms with Crippen LogP contribution >= 0.6 is 23.2 Å². The lowest BCUT2D eigenvalue weighted by molar-refractivity contribution is 1.00. The van der Waals surface area contributed by atoms with Crippen molar-refractivity contribution >= 4 is 28.9 Å². The summed E-state index contributed by atoms with van der Waals surface area (Å²) < 4.78 is 0. The molecule has 0 fully saturated rings. The fourth-order valence-corrected chi connectivity index (χ4v) is 2.56. The van der Waals surface area contributed by atoms with Crippen molar-refractivity contribution < 1.29 is 0 Å². The Kier molecular flexibility index (Phi) is 4.46. The zero-order valence-corrected chi connectivity index (χ0v) is 12.2. The highest BCUT2D eigenvalue weighted by atomic mass is 35.5. The van der Waals surface area contributed by atoms with Gasteiger partial charge in [-0.05, 0) is 41.8 Å². The first-order valence-electron chi connectivity index (χ1n) is 5.84. The van der Waals surface area contributed by atoms with E-state index in [-0.39, 0.29) is 0 Å². The van der Waals surface area contributed by atoms with E-state index in [1.807, 2.05) is 13.0 Å². The number of benzene rings is 1. The average Bonchev–Trinajstić information content (AvgIpc) is 2.43. The number of hydrazine groups is 1. The van der Waals surface area contributed by atoms with Gasteiger partial charge in [-0.25, -0.2) is 4.98 Å². The Morgan fingerprint density at radius 1 is 1.35 bits per heavy atom. The SMILES string of the molecule is Cc1cc(NN)cc(Cl)c1C(C#N)c1ccc(Cl)nc1. The monoisotopic (exact) mass is 306 g/mol. The molecule has 1 aromatic heterocycles. The molecule has 1 unspecified atom stereocenters. The van der Waals surface area contributed by atoms with Crippen LogP contribution in [0.25, 0.3) is 0 Å². The number of aromatic nitrogens is 1. The second kappa shape index (κ2) is 6.10. The molecule has 0 aliphatic carbocycles. The van der Waals surface area contributed by atoms with Crippen LogP contribution in [0.1, 0.15) is 22.6 Å². The predicted molar refractivity (Wildman–Crippen MR) is 80.7 cm³/mol. The number of nitrogens with zero attached hydrogens (tertiary/aromatic N) is 2. The van der Waals surface area contributed by atoms with E-state index in [0.717, 1.165) is 16.7 Å². The van der Waals surface area contributed by atoms with Crippen molar-refractivity contribution in [2.75, 3.05) is 5.43 Å². The van der Waals surface area contributed by atoms with Gasteiger partial charge in [-0.2, -0.15) is 5.26 Å². The van der Waals surface area contributed by atoms with Crippen molar-refractivity contribution in [2.24, 2.45) is 5.84 Å². The number of hydrogen-bond acceptors (Lipinski definition) is 4. The van der Waals surface area contributed by atoms with E-state index in [2.05, 4.69) is 16.5 Å². The molecule has 1 atom stereocenters. The Morgan fingerprint density at radius 2 is 2.10 bits per heavy atom. The van der Waals surface area contributed by atoms with Crippen molar-refractivity contribution in [3.8, 4) is 6.07 Å². The summed E-state index contributed by atoms with van der Waals surface area (Å²) in [7, 11) is 0. The van der Waals surface area contributed by atoms with Crippen LogP contribution in [0.4, 0.5) is 5.69 Å². The molecule has 4 nitrogen and oxygen atoms in total. The average molecular weight is 307 g/mol. The number of nitrogens with one attached hydrogen (secondary N) is 1. The van der Waals surface area contributed by atoms with Gasteiger partial charge in [0.2, 0.25) is 0 Å². The standard InChI is InChI=1S/C14H12Cl2N4/c1-8-4-10(20-18)5-12(15)14(8)11(6-17)9-2-3-13(16)19-7-9/h2-5,7,11,20H,18H2,1H3. The summed E-state index contributed by atoms with van der Waals surface area (Å²) in [4.78, 5) is 4.01. The Hall–Kier alpha value is -1.80. The minimum absolute atomic E-state index is 0.385. The predicted octanol–water partition coefficient (Wildman–Crippen LogP) is 3.64. The molecule has 0 amide bonds. The third kappa shape index (κ3) is 2.86. The number of rotatable bonds is 3. The van der Waals surface area contributed by atoms with Crippen LogP contribution in [0, 0.1) is 18.3 Å². The van der Waals surface area contributed by atoms with Crippen LogP contribution in [0.5, 0.6) is 0 Å². The third-order valence-electron chi connectivity index (χ3n) is 3.00. The molecule has 0 aliphatic heterocycles. The highest BCUT2D eigenvalue weighted by Crippen LogP contribution is 2.34. The molecule has 0 aliphatic rings. The number of nitrogen functional groups attached to an aromatic ring is 1. The van der Waals surface area contributed by atoms with Crippen molar-refractivity contribution in [1.82, 2.24) is 4.98 Å². The molecule has 0 spiro atoms. The van der Waals surface area contributed by atoms with Gasteiger partial charge >= 0.3 is 0 Å². The molecule has 3 N–H and O–H groups in total. The van der Waals surface area contributed by atoms with Crippen molar-refractivity contribution in [2.45, 2.75) is 12.8 Å². The van der Waals surface area contributed by atoms with Crippen molar-refractivity contribution in [1.29, 1.82) is 5.26 Å². The second-order valence-corrected chi connectivity index (χ2v) is 5.10. The van der Waals surface area contributed by atoms with Gasteiger partial charge in [0.25, 0.3) is 0 Å². The number of aryl methyl sites for hydroxylation is 1. The number of hydrogen-bond donors (Lipinski definition) is 2. The molecular formula is C14H12Cl2N4. The van der Waals surface area contributed by atoms with E-state index in [4.69, 9.17) is 29.0 Å². The van der Waals surface area contributed by atoms with Crippen LogP contribution in [0.15, 0.2) is 30.5 Å². The lowest BCUT2D eigenvalue weighted by atomic mass is 9.90. The molecule has 0 saturated heterocycles. The van der Waals surface area contributed by atoms with Crippen LogP contribution in [-0.2, 0) is 0 Å². The van der Waals surface area contributed by atoms with Gasteiger partial charge in [-0.3, -0.25) is 5.84 Å². The van der Waals surface area contributed by atoms with Gasteiger partial charge in [-0.1, -0.05) is 29.3 Å². The first kappa shape index (κ1) is 14.6. The minimum Gasteiger partial charge on any atom is -0.324 e. The summed E-state index contributed by atoms with van der Waals surface area (Å²) in [5.41, 5.74) is 5.61. The summed E-state index contributed by atoms with van der Waals surface area (Å²) >= 11 is 12.0. The Labute approximate surface area is 127 Å². The zero-order valence-electron chi connectivity index (χ0n) is 10.7. The second-order valence-electron chi connectivity index (χ2n) is 4.31. The molecular weight excluding hydrogens is 295 g/mol. The number of pyridine rings is 1. The molecule has 2 aromatic rings. The van der Waals surface area contributed by atoms with Gasteiger partial charge < -0.3 is 5.43 Å². The van der Waals surface area contributed by atoms with Crippen LogP contribution in [0.3, 0.4) is 0 Å². The van der Waals surface area contributed by atoms with Gasteiger partial charge in [0.15, 0.2) is 0 Å². The Bertz CT molecular complexity index is 639. The molecule has 1 aromatic carbocycles. The molecule has 0 radical (unpaired) electrons. The van der Waals surface area contributed by atoms with E-state index in [0.29, 0.717) is 15.9 Å². The van der Waals surface area contributed by atoms with Crippen molar-refractivity contribution in [3.63, 3.8) is 0 Å². The van der Waals surface area contributed by atoms with Gasteiger partial charge in [0.1, 0.15) is 5.15 Å². The molecule has 102 valence electrons. The quantitative estimate of drug-likeness (QED) is 0.516. The topological polar surface area (TPSA) is 74.7 Å². The van der Waals surface area contributed by atoms with E-state index >= 15 is 0 Å². The molecule has 0 saturated carbocycles. The minimum atomic E-state index is -0.501. The van der Waals surface area contributed by atoms with Gasteiger partial charge in [-0.15, -0.1) is 0 Å². The number of anilines is 1. The molecule has 1 heterocycles. The fourth-order valence-electron chi connectivity index (χ4n) is 2.07. The highest BCUT2D eigenvalue weighted by Gasteiger charge is 2.20. The third-order valence-corrected chi connectivity index (χ3v) is 3.54. The maximum absolute atomic E-state index is 9.47. The smallest absolute Gasteiger partial charge is 0.129 e. The number of nitriles is 1. The van der Waals surface area contributed by atoms with E-state index < -0.39 is 5.92 Å². The lowest BCUT2D eigenvalue weighted by Crippen LogP contribution is -2.09. The molecule has 20 heavy (non-hydrogen) atoms. The summed E-state index contributed by atoms with van der Waals surface area (Å²) in [5.74, 6) is 4.87. The van der Waals surface area contributed by atoms with E-state index in [1.165, 1.54) is 0 Å². The molecule has 6 heteroatoms. The van der Waals surface area contributed by atoms with Crippen LogP contribution in [0.2, 0.25) is 10.2 Å². The van der Waals surface area contributed by atoms with Crippen molar-refractivity contribution in [3.05, 3.63) is 57.3 Å². The van der Waals surface area contributed by atoms with E-state index in [1.54, 1.807) is 24.4 Å². The fraction of sp³-hybridized carbons (Fsp3) is 0.143. The van der Waals surface area contributed by atoms with E-state index in [9.17, 15) is 5.26 Å². The normalized spacial score (nSPS) is 11.8. The maximum Gasteiger partial charge on any atom is 0.129 e. The summed E-state index contributed by atoms with van der Waals surface area (Å²) in [5, 5.41) is 10.3. The summed E-state index contributed by atoms with van der Waals surface area (Å²) in [6.07, 6.45) is 1.58. The largest absolute Gasteiger partial charge is 0.324 e. The van der Waals surface area contributed by atoms with Crippen LogP contribution < -0.4 is 11.3 Å². The van der Waals surface area contributed by atoms with Gasteiger partial charge in [0, 0.05) is 11.2 Å². The lowest BCUT2D eigenvalue weighted by Gasteiger charge is -2.16. The molecule has 0 bridgehead atoms. The maximum atomic E-state index is 9.47. The summed E-state index contributed by atoms with van der Waals surface area (Å²) in [6, 6.07) is 9.21.